The molecule has 4 N–H and O–H groups in total. The molecular weight excluding hydrogens is 254 g/mol. The summed E-state index contributed by atoms with van der Waals surface area (Å²) in [4.78, 5) is 12.1. The van der Waals surface area contributed by atoms with Gasteiger partial charge in [0.1, 0.15) is 11.8 Å². The topological polar surface area (TPSA) is 99.1 Å². The minimum Gasteiger partial charge on any atom is -0.508 e. The molecule has 1 amide bonds. The first-order valence-corrected chi connectivity index (χ1v) is 5.92. The van der Waals surface area contributed by atoms with Crippen LogP contribution in [0.4, 0.5) is 11.4 Å². The molecule has 5 heteroatoms. The molecule has 0 saturated heterocycles. The summed E-state index contributed by atoms with van der Waals surface area (Å²) in [6.45, 7) is 1.70. The molecule has 2 aromatic rings. The molecule has 2 aromatic carbocycles. The molecule has 0 bridgehead atoms. The number of hydrogen-bond acceptors (Lipinski definition) is 4. The highest BCUT2D eigenvalue weighted by Crippen LogP contribution is 2.21. The second-order valence-electron chi connectivity index (χ2n) is 4.37. The zero-order valence-corrected chi connectivity index (χ0v) is 10.8. The number of carbonyl (C=O) groups excluding carboxylic acids is 1. The van der Waals surface area contributed by atoms with Crippen molar-refractivity contribution < 1.29 is 9.90 Å². The molecule has 0 aliphatic carbocycles. The molecule has 0 aromatic heterocycles. The number of anilines is 2. The Balaban J connectivity index is 2.28. The second-order valence-corrected chi connectivity index (χ2v) is 4.37. The van der Waals surface area contributed by atoms with Crippen molar-refractivity contribution in [2.45, 2.75) is 6.92 Å². The molecule has 100 valence electrons. The second kappa shape index (κ2) is 5.33. The lowest BCUT2D eigenvalue weighted by molar-refractivity contribution is 0.102. The smallest absolute Gasteiger partial charge is 0.255 e. The van der Waals surface area contributed by atoms with Crippen LogP contribution in [0.15, 0.2) is 36.4 Å². The average Bonchev–Trinajstić information content (AvgIpc) is 2.43. The molecule has 5 nitrogen and oxygen atoms in total. The summed E-state index contributed by atoms with van der Waals surface area (Å²) in [5, 5.41) is 21.1. The normalized spacial score (nSPS) is 9.80. The number of aryl methyl sites for hydroxylation is 1. The molecule has 0 fully saturated rings. The molecule has 0 radical (unpaired) electrons. The van der Waals surface area contributed by atoms with Crippen molar-refractivity contribution in [3.63, 3.8) is 0 Å². The van der Waals surface area contributed by atoms with E-state index in [-0.39, 0.29) is 11.7 Å². The first kappa shape index (κ1) is 13.4. The van der Waals surface area contributed by atoms with Crippen LogP contribution in [-0.4, -0.2) is 11.0 Å². The van der Waals surface area contributed by atoms with E-state index in [1.54, 1.807) is 25.1 Å². The molecule has 0 spiro atoms. The van der Waals surface area contributed by atoms with Crippen molar-refractivity contribution in [3.05, 3.63) is 53.1 Å². The molecular formula is C15H13N3O2. The number of aromatic hydroxyl groups is 1. The van der Waals surface area contributed by atoms with Gasteiger partial charge in [-0.1, -0.05) is 0 Å². The van der Waals surface area contributed by atoms with Crippen LogP contribution in [0.3, 0.4) is 0 Å². The SMILES string of the molecule is Cc1cc(C(=O)Nc2ccc(N)cc2C#N)ccc1O. The van der Waals surface area contributed by atoms with Crippen LogP contribution < -0.4 is 11.1 Å². The van der Waals surface area contributed by atoms with Gasteiger partial charge in [0.15, 0.2) is 0 Å². The van der Waals surface area contributed by atoms with Gasteiger partial charge in [-0.25, -0.2) is 0 Å². The van der Waals surface area contributed by atoms with Gasteiger partial charge in [0.2, 0.25) is 0 Å². The lowest BCUT2D eigenvalue weighted by Crippen LogP contribution is -2.13. The summed E-state index contributed by atoms with van der Waals surface area (Å²) in [6.07, 6.45) is 0. The third-order valence-electron chi connectivity index (χ3n) is 2.87. The first-order valence-electron chi connectivity index (χ1n) is 5.92. The summed E-state index contributed by atoms with van der Waals surface area (Å²) in [7, 11) is 0. The zero-order valence-electron chi connectivity index (χ0n) is 10.8. The van der Waals surface area contributed by atoms with Crippen LogP contribution in [0.5, 0.6) is 5.75 Å². The predicted octanol–water partition coefficient (Wildman–Crippen LogP) is 2.41. The van der Waals surface area contributed by atoms with Gasteiger partial charge in [0.25, 0.3) is 5.91 Å². The van der Waals surface area contributed by atoms with Crippen LogP contribution >= 0.6 is 0 Å². The van der Waals surface area contributed by atoms with E-state index in [1.165, 1.54) is 18.2 Å². The summed E-state index contributed by atoms with van der Waals surface area (Å²) in [6, 6.07) is 11.2. The minimum atomic E-state index is -0.352. The lowest BCUT2D eigenvalue weighted by atomic mass is 10.1. The third-order valence-corrected chi connectivity index (χ3v) is 2.87. The molecule has 20 heavy (non-hydrogen) atoms. The van der Waals surface area contributed by atoms with Crippen molar-refractivity contribution in [3.8, 4) is 11.8 Å². The van der Waals surface area contributed by atoms with Crippen molar-refractivity contribution in [2.24, 2.45) is 0 Å². The molecule has 0 aliphatic rings. The number of nitrogens with two attached hydrogens (primary N) is 1. The maximum atomic E-state index is 12.1. The number of rotatable bonds is 2. The van der Waals surface area contributed by atoms with Crippen LogP contribution in [0.2, 0.25) is 0 Å². The van der Waals surface area contributed by atoms with E-state index in [9.17, 15) is 9.90 Å². The van der Waals surface area contributed by atoms with Gasteiger partial charge in [0.05, 0.1) is 11.3 Å². The summed E-state index contributed by atoms with van der Waals surface area (Å²) < 4.78 is 0. The van der Waals surface area contributed by atoms with E-state index in [0.29, 0.717) is 28.1 Å². The van der Waals surface area contributed by atoms with Crippen LogP contribution in [0, 0.1) is 18.3 Å². The number of hydrogen-bond donors (Lipinski definition) is 3. The van der Waals surface area contributed by atoms with Gasteiger partial charge in [-0.05, 0) is 48.9 Å². The predicted molar refractivity (Wildman–Crippen MR) is 76.4 cm³/mol. The molecule has 2 rings (SSSR count). The van der Waals surface area contributed by atoms with Gasteiger partial charge in [0, 0.05) is 11.3 Å². The maximum Gasteiger partial charge on any atom is 0.255 e. The average molecular weight is 267 g/mol. The lowest BCUT2D eigenvalue weighted by Gasteiger charge is -2.08. The first-order chi connectivity index (χ1) is 9.51. The zero-order chi connectivity index (χ0) is 14.7. The fourth-order valence-corrected chi connectivity index (χ4v) is 1.75. The maximum absolute atomic E-state index is 12.1. The Morgan fingerprint density at radius 3 is 2.70 bits per heavy atom. The molecule has 0 atom stereocenters. The van der Waals surface area contributed by atoms with E-state index in [0.717, 1.165) is 0 Å². The van der Waals surface area contributed by atoms with Gasteiger partial charge >= 0.3 is 0 Å². The van der Waals surface area contributed by atoms with Crippen LogP contribution in [0.25, 0.3) is 0 Å². The number of amides is 1. The third kappa shape index (κ3) is 2.70. The standard InChI is InChI=1S/C15H13N3O2/c1-9-6-10(2-5-14(9)19)15(20)18-13-4-3-12(17)7-11(13)8-16/h2-7,19H,17H2,1H3,(H,18,20). The van der Waals surface area contributed by atoms with Gasteiger partial charge in [-0.2, -0.15) is 5.26 Å². The highest BCUT2D eigenvalue weighted by atomic mass is 16.3. The fourth-order valence-electron chi connectivity index (χ4n) is 1.75. The number of nitrogens with zero attached hydrogens (tertiary/aromatic N) is 1. The van der Waals surface area contributed by atoms with Gasteiger partial charge < -0.3 is 16.2 Å². The highest BCUT2D eigenvalue weighted by Gasteiger charge is 2.10. The molecule has 0 aliphatic heterocycles. The Kier molecular flexibility index (Phi) is 3.58. The molecule has 0 heterocycles. The van der Waals surface area contributed by atoms with Crippen molar-refractivity contribution in [1.29, 1.82) is 5.26 Å². The van der Waals surface area contributed by atoms with Crippen LogP contribution in [-0.2, 0) is 0 Å². The number of nitrogen functional groups attached to an aromatic ring is 1. The minimum absolute atomic E-state index is 0.131. The number of phenols is 1. The Labute approximate surface area is 116 Å². The van der Waals surface area contributed by atoms with E-state index < -0.39 is 0 Å². The van der Waals surface area contributed by atoms with E-state index in [2.05, 4.69) is 5.32 Å². The number of benzene rings is 2. The fraction of sp³-hybridized carbons (Fsp3) is 0.0667. The number of nitrogens with one attached hydrogen (secondary N) is 1. The van der Waals surface area contributed by atoms with E-state index in [4.69, 9.17) is 11.0 Å². The quantitative estimate of drug-likeness (QED) is 0.727. The molecule has 0 saturated carbocycles. The summed E-state index contributed by atoms with van der Waals surface area (Å²) in [5.74, 6) is -0.221. The van der Waals surface area contributed by atoms with Gasteiger partial charge in [-0.3, -0.25) is 4.79 Å². The Morgan fingerprint density at radius 2 is 2.05 bits per heavy atom. The Hall–Kier alpha value is -3.00. The highest BCUT2D eigenvalue weighted by molar-refractivity contribution is 6.05. The summed E-state index contributed by atoms with van der Waals surface area (Å²) in [5.41, 5.74) is 7.76. The largest absolute Gasteiger partial charge is 0.508 e. The van der Waals surface area contributed by atoms with Crippen LogP contribution in [0.1, 0.15) is 21.5 Å². The number of nitriles is 1. The van der Waals surface area contributed by atoms with E-state index in [1.807, 2.05) is 6.07 Å². The Morgan fingerprint density at radius 1 is 1.30 bits per heavy atom. The van der Waals surface area contributed by atoms with Crippen molar-refractivity contribution in [2.75, 3.05) is 11.1 Å². The summed E-state index contributed by atoms with van der Waals surface area (Å²) >= 11 is 0. The van der Waals surface area contributed by atoms with Crippen molar-refractivity contribution >= 4 is 17.3 Å². The number of phenolic OH excluding ortho intramolecular Hbond substituents is 1. The number of carbonyl (C=O) groups is 1. The molecule has 0 unspecified atom stereocenters. The Bertz CT molecular complexity index is 718. The monoisotopic (exact) mass is 267 g/mol. The van der Waals surface area contributed by atoms with Gasteiger partial charge in [-0.15, -0.1) is 0 Å². The van der Waals surface area contributed by atoms with E-state index >= 15 is 0 Å². The van der Waals surface area contributed by atoms with Crippen molar-refractivity contribution in [1.82, 2.24) is 0 Å².